The maximum atomic E-state index is 12.6. The Morgan fingerprint density at radius 1 is 1.48 bits per heavy atom. The van der Waals surface area contributed by atoms with Gasteiger partial charge in [0.2, 0.25) is 0 Å². The van der Waals surface area contributed by atoms with Gasteiger partial charge in [-0.1, -0.05) is 6.07 Å². The number of benzene rings is 1. The van der Waals surface area contributed by atoms with E-state index >= 15 is 0 Å². The first-order valence-corrected chi connectivity index (χ1v) is 8.68. The Kier molecular flexibility index (Phi) is 5.30. The number of nitrogens with zero attached hydrogens (tertiary/aromatic N) is 2. The molecule has 1 amide bonds. The third-order valence-corrected chi connectivity index (χ3v) is 4.59. The Labute approximate surface area is 148 Å². The van der Waals surface area contributed by atoms with Crippen molar-refractivity contribution in [2.24, 2.45) is 0 Å². The van der Waals surface area contributed by atoms with Crippen LogP contribution in [0.5, 0.6) is 5.75 Å². The molecular weight excluding hydrogens is 344 g/mol. The van der Waals surface area contributed by atoms with Crippen LogP contribution in [0.1, 0.15) is 21.1 Å². The summed E-state index contributed by atoms with van der Waals surface area (Å²) in [4.78, 5) is 29.5. The Hall–Kier alpha value is -2.45. The molecule has 3 rings (SSSR count). The van der Waals surface area contributed by atoms with Crippen molar-refractivity contribution in [1.82, 2.24) is 9.88 Å². The maximum absolute atomic E-state index is 12.6. The van der Waals surface area contributed by atoms with Crippen molar-refractivity contribution in [2.75, 3.05) is 19.7 Å². The first kappa shape index (κ1) is 17.4. The van der Waals surface area contributed by atoms with Gasteiger partial charge in [-0.05, 0) is 25.1 Å². The molecule has 1 aromatic heterocycles. The van der Waals surface area contributed by atoms with E-state index < -0.39 is 12.1 Å². The van der Waals surface area contributed by atoms with Crippen molar-refractivity contribution in [3.8, 4) is 5.75 Å². The van der Waals surface area contributed by atoms with Gasteiger partial charge in [-0.25, -0.2) is 9.78 Å². The predicted molar refractivity (Wildman–Crippen MR) is 90.9 cm³/mol. The van der Waals surface area contributed by atoms with E-state index in [9.17, 15) is 9.59 Å². The van der Waals surface area contributed by atoms with Gasteiger partial charge in [0.15, 0.2) is 6.10 Å². The van der Waals surface area contributed by atoms with Gasteiger partial charge in [-0.2, -0.15) is 0 Å². The second kappa shape index (κ2) is 7.62. The molecular formula is C17H18N2O5S. The van der Waals surface area contributed by atoms with Gasteiger partial charge in [-0.15, -0.1) is 11.3 Å². The summed E-state index contributed by atoms with van der Waals surface area (Å²) in [5.41, 5.74) is 1.30. The number of carboxylic acids is 1. The lowest BCUT2D eigenvalue weighted by Crippen LogP contribution is -2.48. The molecule has 1 aliphatic heterocycles. The average Bonchev–Trinajstić information content (AvgIpc) is 3.05. The largest absolute Gasteiger partial charge is 0.487 e. The molecule has 0 aliphatic carbocycles. The molecule has 0 saturated carbocycles. The molecule has 2 aromatic rings. The van der Waals surface area contributed by atoms with Crippen molar-refractivity contribution in [1.29, 1.82) is 0 Å². The zero-order valence-corrected chi connectivity index (χ0v) is 14.5. The summed E-state index contributed by atoms with van der Waals surface area (Å²) in [6.07, 6.45) is -0.981. The molecule has 2 heterocycles. The fraction of sp³-hybridized carbons (Fsp3) is 0.353. The fourth-order valence-electron chi connectivity index (χ4n) is 2.52. The summed E-state index contributed by atoms with van der Waals surface area (Å²) >= 11 is 1.56. The number of carbonyl (C=O) groups excluding carboxylic acids is 1. The Balaban J connectivity index is 1.65. The standard InChI is InChI=1S/C17H18N2O5S/c1-11-18-13(10-25-11)9-24-14-4-2-3-12(7-14)16(20)19-5-6-23-15(8-19)17(21)22/h2-4,7,10,15H,5-6,8-9H2,1H3,(H,21,22). The summed E-state index contributed by atoms with van der Waals surface area (Å²) in [6.45, 7) is 2.88. The van der Waals surface area contributed by atoms with Gasteiger partial charge >= 0.3 is 5.97 Å². The van der Waals surface area contributed by atoms with E-state index in [4.69, 9.17) is 14.6 Å². The van der Waals surface area contributed by atoms with Crippen LogP contribution in [0.4, 0.5) is 0 Å². The Morgan fingerprint density at radius 3 is 3.04 bits per heavy atom. The van der Waals surface area contributed by atoms with Gasteiger partial charge in [0.05, 0.1) is 23.9 Å². The molecule has 1 atom stereocenters. The Morgan fingerprint density at radius 2 is 2.32 bits per heavy atom. The van der Waals surface area contributed by atoms with Crippen LogP contribution in [0.25, 0.3) is 0 Å². The average molecular weight is 362 g/mol. The Bertz CT molecular complexity index is 776. The first-order valence-electron chi connectivity index (χ1n) is 7.80. The van der Waals surface area contributed by atoms with E-state index in [1.54, 1.807) is 35.6 Å². The van der Waals surface area contributed by atoms with Crippen LogP contribution in [0.15, 0.2) is 29.6 Å². The van der Waals surface area contributed by atoms with Gasteiger partial charge in [-0.3, -0.25) is 4.79 Å². The van der Waals surface area contributed by atoms with E-state index in [0.29, 0.717) is 24.5 Å². The van der Waals surface area contributed by atoms with Crippen LogP contribution >= 0.6 is 11.3 Å². The number of amides is 1. The lowest BCUT2D eigenvalue weighted by molar-refractivity contribution is -0.154. The van der Waals surface area contributed by atoms with Crippen LogP contribution in [0.3, 0.4) is 0 Å². The summed E-state index contributed by atoms with van der Waals surface area (Å²) in [5, 5.41) is 12.0. The molecule has 0 bridgehead atoms. The minimum atomic E-state index is -1.06. The van der Waals surface area contributed by atoms with Crippen molar-refractivity contribution < 1.29 is 24.2 Å². The van der Waals surface area contributed by atoms with Crippen LogP contribution in [-0.2, 0) is 16.1 Å². The van der Waals surface area contributed by atoms with E-state index in [1.165, 1.54) is 4.90 Å². The maximum Gasteiger partial charge on any atom is 0.334 e. The molecule has 1 saturated heterocycles. The van der Waals surface area contributed by atoms with Crippen LogP contribution in [-0.4, -0.2) is 52.7 Å². The van der Waals surface area contributed by atoms with Crippen LogP contribution in [0.2, 0.25) is 0 Å². The number of aromatic nitrogens is 1. The SMILES string of the molecule is Cc1nc(COc2cccc(C(=O)N3CCOC(C(=O)O)C3)c2)cs1. The van der Waals surface area contributed by atoms with Gasteiger partial charge in [0.25, 0.3) is 5.91 Å². The van der Waals surface area contributed by atoms with E-state index in [2.05, 4.69) is 4.98 Å². The normalized spacial score (nSPS) is 17.3. The summed E-state index contributed by atoms with van der Waals surface area (Å²) in [7, 11) is 0. The van der Waals surface area contributed by atoms with Crippen molar-refractivity contribution in [2.45, 2.75) is 19.6 Å². The number of carbonyl (C=O) groups is 2. The number of ether oxygens (including phenoxy) is 2. The lowest BCUT2D eigenvalue weighted by atomic mass is 10.1. The molecule has 1 N–H and O–H groups in total. The highest BCUT2D eigenvalue weighted by atomic mass is 32.1. The number of hydrogen-bond donors (Lipinski definition) is 1. The molecule has 25 heavy (non-hydrogen) atoms. The molecule has 0 spiro atoms. The zero-order valence-electron chi connectivity index (χ0n) is 13.7. The molecule has 8 heteroatoms. The molecule has 0 radical (unpaired) electrons. The lowest BCUT2D eigenvalue weighted by Gasteiger charge is -2.31. The fourth-order valence-corrected chi connectivity index (χ4v) is 3.11. The van der Waals surface area contributed by atoms with Gasteiger partial charge in [0, 0.05) is 17.5 Å². The monoisotopic (exact) mass is 362 g/mol. The second-order valence-electron chi connectivity index (χ2n) is 5.62. The molecule has 7 nitrogen and oxygen atoms in total. The van der Waals surface area contributed by atoms with E-state index in [1.807, 2.05) is 12.3 Å². The topological polar surface area (TPSA) is 89.0 Å². The van der Waals surface area contributed by atoms with E-state index in [-0.39, 0.29) is 19.1 Å². The van der Waals surface area contributed by atoms with Crippen LogP contribution in [0, 0.1) is 6.92 Å². The predicted octanol–water partition coefficient (Wildman–Crippen LogP) is 1.96. The molecule has 1 aliphatic rings. The number of morpholine rings is 1. The number of thiazole rings is 1. The highest BCUT2D eigenvalue weighted by Crippen LogP contribution is 2.18. The smallest absolute Gasteiger partial charge is 0.334 e. The zero-order chi connectivity index (χ0) is 17.8. The number of aliphatic carboxylic acids is 1. The number of rotatable bonds is 5. The van der Waals surface area contributed by atoms with Crippen LogP contribution < -0.4 is 4.74 Å². The quantitative estimate of drug-likeness (QED) is 0.875. The first-order chi connectivity index (χ1) is 12.0. The van der Waals surface area contributed by atoms with Gasteiger partial charge < -0.3 is 19.5 Å². The van der Waals surface area contributed by atoms with Crippen molar-refractivity contribution in [3.05, 3.63) is 45.9 Å². The molecule has 1 unspecified atom stereocenters. The van der Waals surface area contributed by atoms with Gasteiger partial charge in [0.1, 0.15) is 12.4 Å². The number of carboxylic acid groups (broad SMARTS) is 1. The number of hydrogen-bond acceptors (Lipinski definition) is 6. The minimum Gasteiger partial charge on any atom is -0.487 e. The molecule has 132 valence electrons. The molecule has 1 fully saturated rings. The third-order valence-electron chi connectivity index (χ3n) is 3.76. The highest BCUT2D eigenvalue weighted by molar-refractivity contribution is 7.09. The minimum absolute atomic E-state index is 0.0390. The summed E-state index contributed by atoms with van der Waals surface area (Å²) < 4.78 is 10.8. The van der Waals surface area contributed by atoms with Crippen molar-refractivity contribution in [3.63, 3.8) is 0 Å². The highest BCUT2D eigenvalue weighted by Gasteiger charge is 2.29. The second-order valence-corrected chi connectivity index (χ2v) is 6.69. The molecule has 1 aromatic carbocycles. The summed E-state index contributed by atoms with van der Waals surface area (Å²) in [5.74, 6) is -0.725. The van der Waals surface area contributed by atoms with E-state index in [0.717, 1.165) is 10.7 Å². The summed E-state index contributed by atoms with van der Waals surface area (Å²) in [6, 6.07) is 6.86. The van der Waals surface area contributed by atoms with Crippen molar-refractivity contribution >= 4 is 23.2 Å². The number of aryl methyl sites for hydroxylation is 1. The third kappa shape index (κ3) is 4.34.